The van der Waals surface area contributed by atoms with Crippen molar-refractivity contribution in [2.75, 3.05) is 12.3 Å². The Bertz CT molecular complexity index is 311. The van der Waals surface area contributed by atoms with Gasteiger partial charge in [0, 0.05) is 12.6 Å². The van der Waals surface area contributed by atoms with Gasteiger partial charge in [-0.2, -0.15) is 0 Å². The first-order valence-electron chi connectivity index (χ1n) is 6.92. The first-order chi connectivity index (χ1) is 7.97. The highest BCUT2D eigenvalue weighted by Crippen LogP contribution is 2.26. The third-order valence-electron chi connectivity index (χ3n) is 3.94. The molecule has 0 aromatic rings. The van der Waals surface area contributed by atoms with Crippen LogP contribution in [0.15, 0.2) is 0 Å². The van der Waals surface area contributed by atoms with Crippen molar-refractivity contribution in [2.45, 2.75) is 64.2 Å². The van der Waals surface area contributed by atoms with Crippen LogP contribution in [0.25, 0.3) is 0 Å². The molecule has 0 heterocycles. The van der Waals surface area contributed by atoms with E-state index in [-0.39, 0.29) is 11.0 Å². The predicted molar refractivity (Wildman–Crippen MR) is 73.0 cm³/mol. The van der Waals surface area contributed by atoms with E-state index in [0.29, 0.717) is 12.6 Å². The largest absolute Gasteiger partial charge is 0.313 e. The molecule has 2 unspecified atom stereocenters. The Hall–Kier alpha value is -0.0900. The first kappa shape index (κ1) is 15.0. The van der Waals surface area contributed by atoms with Crippen molar-refractivity contribution in [1.29, 1.82) is 0 Å². The van der Waals surface area contributed by atoms with Crippen LogP contribution in [-0.2, 0) is 9.84 Å². The summed E-state index contributed by atoms with van der Waals surface area (Å²) in [5.74, 6) is 1.02. The third kappa shape index (κ3) is 4.59. The van der Waals surface area contributed by atoms with Gasteiger partial charge in [0.1, 0.15) is 0 Å². The highest BCUT2D eigenvalue weighted by atomic mass is 32.2. The van der Waals surface area contributed by atoms with Gasteiger partial charge in [0.05, 0.1) is 11.0 Å². The second kappa shape index (κ2) is 6.74. The van der Waals surface area contributed by atoms with Crippen molar-refractivity contribution < 1.29 is 8.42 Å². The van der Waals surface area contributed by atoms with Crippen LogP contribution in [0, 0.1) is 5.92 Å². The number of hydrogen-bond acceptors (Lipinski definition) is 3. The predicted octanol–water partition coefficient (Wildman–Crippen LogP) is 2.37. The molecule has 17 heavy (non-hydrogen) atoms. The van der Waals surface area contributed by atoms with Gasteiger partial charge in [0.25, 0.3) is 0 Å². The molecule has 0 bridgehead atoms. The molecule has 1 N–H and O–H groups in total. The van der Waals surface area contributed by atoms with Crippen molar-refractivity contribution in [2.24, 2.45) is 5.92 Å². The monoisotopic (exact) mass is 261 g/mol. The van der Waals surface area contributed by atoms with Crippen LogP contribution >= 0.6 is 0 Å². The molecule has 0 radical (unpaired) electrons. The molecule has 1 saturated carbocycles. The fraction of sp³-hybridized carbons (Fsp3) is 1.00. The summed E-state index contributed by atoms with van der Waals surface area (Å²) < 4.78 is 23.4. The topological polar surface area (TPSA) is 46.2 Å². The van der Waals surface area contributed by atoms with Gasteiger partial charge in [-0.25, -0.2) is 8.42 Å². The molecule has 1 aliphatic carbocycles. The Morgan fingerprint density at radius 1 is 1.24 bits per heavy atom. The van der Waals surface area contributed by atoms with Gasteiger partial charge in [0.15, 0.2) is 9.84 Å². The van der Waals surface area contributed by atoms with Gasteiger partial charge in [-0.3, -0.25) is 0 Å². The van der Waals surface area contributed by atoms with E-state index in [9.17, 15) is 8.42 Å². The van der Waals surface area contributed by atoms with Crippen LogP contribution in [0.4, 0.5) is 0 Å². The quantitative estimate of drug-likeness (QED) is 0.798. The smallest absolute Gasteiger partial charge is 0.153 e. The van der Waals surface area contributed by atoms with Crippen molar-refractivity contribution in [3.05, 3.63) is 0 Å². The molecule has 0 aromatic heterocycles. The van der Waals surface area contributed by atoms with Crippen LogP contribution < -0.4 is 5.32 Å². The molecule has 102 valence electrons. The second-order valence-electron chi connectivity index (χ2n) is 5.43. The molecule has 0 spiro atoms. The zero-order valence-electron chi connectivity index (χ0n) is 11.4. The minimum Gasteiger partial charge on any atom is -0.313 e. The lowest BCUT2D eigenvalue weighted by atomic mass is 9.83. The zero-order valence-corrected chi connectivity index (χ0v) is 12.2. The summed E-state index contributed by atoms with van der Waals surface area (Å²) in [6.45, 7) is 6.35. The van der Waals surface area contributed by atoms with E-state index < -0.39 is 9.84 Å². The van der Waals surface area contributed by atoms with E-state index in [2.05, 4.69) is 12.2 Å². The second-order valence-corrected chi connectivity index (χ2v) is 8.11. The zero-order chi connectivity index (χ0) is 12.9. The van der Waals surface area contributed by atoms with E-state index in [1.165, 1.54) is 32.1 Å². The van der Waals surface area contributed by atoms with Crippen molar-refractivity contribution in [1.82, 2.24) is 5.32 Å². The lowest BCUT2D eigenvalue weighted by Crippen LogP contribution is -2.41. The van der Waals surface area contributed by atoms with Crippen LogP contribution in [0.5, 0.6) is 0 Å². The summed E-state index contributed by atoms with van der Waals surface area (Å²) in [6, 6.07) is 0.538. The summed E-state index contributed by atoms with van der Waals surface area (Å²) in [5, 5.41) is 3.20. The van der Waals surface area contributed by atoms with Crippen LogP contribution in [0.3, 0.4) is 0 Å². The molecule has 0 aliphatic heterocycles. The molecular weight excluding hydrogens is 234 g/mol. The molecule has 2 atom stereocenters. The minimum absolute atomic E-state index is 0.252. The maximum Gasteiger partial charge on any atom is 0.153 e. The number of nitrogens with one attached hydrogen (secondary N) is 1. The molecule has 1 fully saturated rings. The summed E-state index contributed by atoms with van der Waals surface area (Å²) in [6.07, 6.45) is 6.33. The molecule has 3 nitrogen and oxygen atoms in total. The fourth-order valence-corrected chi connectivity index (χ4v) is 3.46. The Labute approximate surface area is 106 Å². The van der Waals surface area contributed by atoms with Gasteiger partial charge in [-0.05, 0) is 32.6 Å². The van der Waals surface area contributed by atoms with Gasteiger partial charge in [0.2, 0.25) is 0 Å². The summed E-state index contributed by atoms with van der Waals surface area (Å²) in [7, 11) is -2.89. The van der Waals surface area contributed by atoms with Gasteiger partial charge >= 0.3 is 0 Å². The van der Waals surface area contributed by atoms with Gasteiger partial charge in [-0.1, -0.05) is 26.2 Å². The highest BCUT2D eigenvalue weighted by molar-refractivity contribution is 7.92. The fourth-order valence-electron chi connectivity index (χ4n) is 2.59. The van der Waals surface area contributed by atoms with E-state index in [1.54, 1.807) is 13.8 Å². The van der Waals surface area contributed by atoms with Crippen molar-refractivity contribution >= 4 is 9.84 Å². The van der Waals surface area contributed by atoms with Crippen molar-refractivity contribution in [3.63, 3.8) is 0 Å². The van der Waals surface area contributed by atoms with Crippen LogP contribution in [0.1, 0.15) is 52.9 Å². The average Bonchev–Trinajstić information content (AvgIpc) is 2.29. The summed E-state index contributed by atoms with van der Waals surface area (Å²) in [5.41, 5.74) is 0. The van der Waals surface area contributed by atoms with Gasteiger partial charge in [-0.15, -0.1) is 0 Å². The Balaban J connectivity index is 2.35. The molecule has 0 aromatic carbocycles. The van der Waals surface area contributed by atoms with E-state index in [0.717, 1.165) is 5.92 Å². The number of rotatable bonds is 6. The highest BCUT2D eigenvalue weighted by Gasteiger charge is 2.24. The minimum atomic E-state index is -2.89. The Morgan fingerprint density at radius 3 is 2.47 bits per heavy atom. The van der Waals surface area contributed by atoms with E-state index >= 15 is 0 Å². The third-order valence-corrected chi connectivity index (χ3v) is 6.15. The molecule has 4 heteroatoms. The van der Waals surface area contributed by atoms with Crippen molar-refractivity contribution in [3.8, 4) is 0 Å². The maximum atomic E-state index is 11.7. The molecule has 1 rings (SSSR count). The van der Waals surface area contributed by atoms with E-state index in [1.807, 2.05) is 0 Å². The SMILES string of the molecule is CCC1CCCCC1NCCS(=O)(=O)C(C)C. The molecule has 0 saturated heterocycles. The Kier molecular flexibility index (Phi) is 5.93. The first-order valence-corrected chi connectivity index (χ1v) is 8.64. The number of sulfone groups is 1. The molecule has 1 aliphatic rings. The standard InChI is InChI=1S/C13H27NO2S/c1-4-12-7-5-6-8-13(12)14-9-10-17(15,16)11(2)3/h11-14H,4-10H2,1-3H3. The molecule has 0 amide bonds. The van der Waals surface area contributed by atoms with E-state index in [4.69, 9.17) is 0 Å². The van der Waals surface area contributed by atoms with Crippen LogP contribution in [0.2, 0.25) is 0 Å². The normalized spacial score (nSPS) is 26.4. The summed E-state index contributed by atoms with van der Waals surface area (Å²) >= 11 is 0. The molecular formula is C13H27NO2S. The van der Waals surface area contributed by atoms with Crippen LogP contribution in [-0.4, -0.2) is 32.0 Å². The van der Waals surface area contributed by atoms with Gasteiger partial charge < -0.3 is 5.32 Å². The lowest BCUT2D eigenvalue weighted by Gasteiger charge is -2.31. The Morgan fingerprint density at radius 2 is 1.88 bits per heavy atom. The lowest BCUT2D eigenvalue weighted by molar-refractivity contribution is 0.259. The average molecular weight is 261 g/mol. The summed E-state index contributed by atoms with van der Waals surface area (Å²) in [4.78, 5) is 0. The maximum absolute atomic E-state index is 11.7. The number of hydrogen-bond donors (Lipinski definition) is 1.